The Labute approximate surface area is 49.0 Å². The molecule has 0 heterocycles. The monoisotopic (exact) mass is 112 g/mol. The molecule has 0 saturated heterocycles. The highest BCUT2D eigenvalue weighted by molar-refractivity contribution is 5.87. The normalized spacial score (nSPS) is 12.1. The lowest BCUT2D eigenvalue weighted by atomic mass is 10.4. The molecule has 2 heteroatoms. The van der Waals surface area contributed by atoms with Crippen LogP contribution in [-0.2, 0) is 0 Å². The molecule has 44 valence electrons. The van der Waals surface area contributed by atoms with E-state index in [-0.39, 0.29) is 0 Å². The summed E-state index contributed by atoms with van der Waals surface area (Å²) in [5.74, 6) is 0. The van der Waals surface area contributed by atoms with Crippen molar-refractivity contribution in [3.8, 4) is 0 Å². The minimum atomic E-state index is 0.667. The Kier molecular flexibility index (Phi) is 2.62. The van der Waals surface area contributed by atoms with E-state index in [1.165, 1.54) is 6.20 Å². The Morgan fingerprint density at radius 1 is 1.62 bits per heavy atom. The number of hydroxylamine groups is 1. The standard InChI is InChI=1S/C6H10NO/c1-4-6(3)7(8)5-2/h4-5,8H,1-2H2,3H3/q+1/b7-6+. The van der Waals surface area contributed by atoms with Crippen LogP contribution in [0.2, 0.25) is 0 Å². The summed E-state index contributed by atoms with van der Waals surface area (Å²) < 4.78 is 0.910. The van der Waals surface area contributed by atoms with Crippen molar-refractivity contribution < 1.29 is 9.95 Å². The quantitative estimate of drug-likeness (QED) is 0.246. The Morgan fingerprint density at radius 3 is 2.25 bits per heavy atom. The molecule has 0 aliphatic heterocycles. The predicted molar refractivity (Wildman–Crippen MR) is 33.1 cm³/mol. The van der Waals surface area contributed by atoms with Crippen molar-refractivity contribution in [3.05, 3.63) is 25.4 Å². The highest BCUT2D eigenvalue weighted by Crippen LogP contribution is 1.75. The van der Waals surface area contributed by atoms with E-state index in [1.807, 2.05) is 0 Å². The van der Waals surface area contributed by atoms with Crippen molar-refractivity contribution in [3.63, 3.8) is 0 Å². The van der Waals surface area contributed by atoms with E-state index < -0.39 is 0 Å². The lowest BCUT2D eigenvalue weighted by molar-refractivity contribution is -0.724. The molecule has 0 fully saturated rings. The Morgan fingerprint density at radius 2 is 2.12 bits per heavy atom. The smallest absolute Gasteiger partial charge is 0.230 e. The SMILES string of the molecule is C=C/C(C)=[N+](/O)C=C. The van der Waals surface area contributed by atoms with Crippen LogP contribution < -0.4 is 0 Å². The van der Waals surface area contributed by atoms with Crippen molar-refractivity contribution in [2.24, 2.45) is 0 Å². The number of nitrogens with zero attached hydrogens (tertiary/aromatic N) is 1. The molecular formula is C6H10NO+. The molecule has 0 unspecified atom stereocenters. The lowest BCUT2D eigenvalue weighted by Crippen LogP contribution is -2.04. The molecule has 8 heavy (non-hydrogen) atoms. The van der Waals surface area contributed by atoms with Crippen LogP contribution in [0.3, 0.4) is 0 Å². The van der Waals surface area contributed by atoms with E-state index in [1.54, 1.807) is 13.0 Å². The first-order valence-corrected chi connectivity index (χ1v) is 2.29. The van der Waals surface area contributed by atoms with Gasteiger partial charge in [-0.2, -0.15) is 0 Å². The number of hydrogen-bond acceptors (Lipinski definition) is 1. The van der Waals surface area contributed by atoms with E-state index in [0.717, 1.165) is 4.74 Å². The van der Waals surface area contributed by atoms with Crippen LogP contribution in [-0.4, -0.2) is 15.7 Å². The summed E-state index contributed by atoms with van der Waals surface area (Å²) in [6.45, 7) is 8.51. The first kappa shape index (κ1) is 6.95. The minimum absolute atomic E-state index is 0.667. The maximum atomic E-state index is 8.73. The molecule has 0 aromatic carbocycles. The van der Waals surface area contributed by atoms with Crippen molar-refractivity contribution in [2.45, 2.75) is 6.92 Å². The number of rotatable bonds is 2. The maximum Gasteiger partial charge on any atom is 0.230 e. The zero-order chi connectivity index (χ0) is 6.57. The second-order valence-electron chi connectivity index (χ2n) is 1.37. The van der Waals surface area contributed by atoms with Gasteiger partial charge in [0.1, 0.15) is 0 Å². The van der Waals surface area contributed by atoms with Crippen LogP contribution in [0, 0.1) is 0 Å². The molecule has 0 aromatic heterocycles. The van der Waals surface area contributed by atoms with Crippen molar-refractivity contribution in [2.75, 3.05) is 0 Å². The van der Waals surface area contributed by atoms with Gasteiger partial charge in [0.15, 0.2) is 0 Å². The van der Waals surface area contributed by atoms with E-state index >= 15 is 0 Å². The highest BCUT2D eigenvalue weighted by atomic mass is 16.5. The summed E-state index contributed by atoms with van der Waals surface area (Å²) in [4.78, 5) is 0. The summed E-state index contributed by atoms with van der Waals surface area (Å²) in [6, 6.07) is 0. The fourth-order valence-electron chi connectivity index (χ4n) is 0.238. The molecule has 0 bridgehead atoms. The largest absolute Gasteiger partial charge is 0.285 e. The van der Waals surface area contributed by atoms with E-state index in [0.29, 0.717) is 5.71 Å². The first-order valence-electron chi connectivity index (χ1n) is 2.29. The molecule has 0 spiro atoms. The topological polar surface area (TPSA) is 23.2 Å². The third-order valence-corrected chi connectivity index (χ3v) is 0.830. The Balaban J connectivity index is 4.25. The van der Waals surface area contributed by atoms with E-state index in [9.17, 15) is 0 Å². The zero-order valence-electron chi connectivity index (χ0n) is 4.96. The molecule has 0 rings (SSSR count). The average molecular weight is 112 g/mol. The molecule has 0 aromatic rings. The van der Waals surface area contributed by atoms with Gasteiger partial charge in [0, 0.05) is 17.7 Å². The van der Waals surface area contributed by atoms with Crippen LogP contribution in [0.4, 0.5) is 0 Å². The first-order chi connectivity index (χ1) is 3.72. The van der Waals surface area contributed by atoms with Gasteiger partial charge < -0.3 is 0 Å². The highest BCUT2D eigenvalue weighted by Gasteiger charge is 1.95. The van der Waals surface area contributed by atoms with Crippen molar-refractivity contribution in [1.29, 1.82) is 0 Å². The number of hydrogen-bond donors (Lipinski definition) is 1. The summed E-state index contributed by atoms with van der Waals surface area (Å²) in [5, 5.41) is 8.73. The van der Waals surface area contributed by atoms with Gasteiger partial charge in [0.25, 0.3) is 0 Å². The molecular weight excluding hydrogens is 102 g/mol. The van der Waals surface area contributed by atoms with Gasteiger partial charge in [-0.05, 0) is 6.58 Å². The van der Waals surface area contributed by atoms with Gasteiger partial charge in [0.05, 0.1) is 0 Å². The van der Waals surface area contributed by atoms with Crippen molar-refractivity contribution >= 4 is 5.71 Å². The van der Waals surface area contributed by atoms with Gasteiger partial charge in [-0.1, -0.05) is 6.58 Å². The van der Waals surface area contributed by atoms with E-state index in [2.05, 4.69) is 13.2 Å². The second kappa shape index (κ2) is 3.02. The van der Waals surface area contributed by atoms with Crippen LogP contribution in [0.25, 0.3) is 0 Å². The molecule has 0 radical (unpaired) electrons. The fourth-order valence-corrected chi connectivity index (χ4v) is 0.238. The molecule has 0 atom stereocenters. The Hall–Kier alpha value is -1.05. The molecule has 0 amide bonds. The predicted octanol–water partition coefficient (Wildman–Crippen LogP) is 1.18. The average Bonchev–Trinajstić information content (AvgIpc) is 1.84. The number of allylic oxidation sites excluding steroid dienone is 1. The van der Waals surface area contributed by atoms with Gasteiger partial charge in [0.2, 0.25) is 11.9 Å². The summed E-state index contributed by atoms with van der Waals surface area (Å²) >= 11 is 0. The molecule has 0 aliphatic rings. The zero-order valence-corrected chi connectivity index (χ0v) is 4.96. The van der Waals surface area contributed by atoms with Crippen LogP contribution in [0.15, 0.2) is 25.4 Å². The minimum Gasteiger partial charge on any atom is -0.285 e. The van der Waals surface area contributed by atoms with Crippen molar-refractivity contribution in [1.82, 2.24) is 0 Å². The summed E-state index contributed by atoms with van der Waals surface area (Å²) in [5.41, 5.74) is 0.667. The summed E-state index contributed by atoms with van der Waals surface area (Å²) in [6.07, 6.45) is 2.85. The molecule has 0 aliphatic carbocycles. The van der Waals surface area contributed by atoms with Gasteiger partial charge in [-0.3, -0.25) is 5.21 Å². The van der Waals surface area contributed by atoms with Crippen LogP contribution in [0.1, 0.15) is 6.92 Å². The third kappa shape index (κ3) is 1.60. The van der Waals surface area contributed by atoms with Crippen LogP contribution >= 0.6 is 0 Å². The third-order valence-electron chi connectivity index (χ3n) is 0.830. The second-order valence-corrected chi connectivity index (χ2v) is 1.37. The Bertz CT molecular complexity index is 119. The van der Waals surface area contributed by atoms with Gasteiger partial charge in [-0.25, -0.2) is 0 Å². The molecule has 2 nitrogen and oxygen atoms in total. The fraction of sp³-hybridized carbons (Fsp3) is 0.167. The van der Waals surface area contributed by atoms with E-state index in [4.69, 9.17) is 5.21 Å². The van der Waals surface area contributed by atoms with Crippen LogP contribution in [0.5, 0.6) is 0 Å². The summed E-state index contributed by atoms with van der Waals surface area (Å²) in [7, 11) is 0. The van der Waals surface area contributed by atoms with Gasteiger partial charge >= 0.3 is 0 Å². The van der Waals surface area contributed by atoms with Gasteiger partial charge in [-0.15, -0.1) is 0 Å². The molecule has 0 saturated carbocycles. The molecule has 1 N–H and O–H groups in total. The lowest BCUT2D eigenvalue weighted by Gasteiger charge is -1.81. The maximum absolute atomic E-state index is 8.73.